The first-order chi connectivity index (χ1) is 6.67. The Morgan fingerprint density at radius 3 is 3.00 bits per heavy atom. The van der Waals surface area contributed by atoms with Crippen LogP contribution >= 0.6 is 0 Å². The molecular formula is C10H17N3O. The van der Waals surface area contributed by atoms with Crippen molar-refractivity contribution in [1.29, 1.82) is 5.26 Å². The average Bonchev–Trinajstić information content (AvgIpc) is 2.54. The van der Waals surface area contributed by atoms with Gasteiger partial charge in [0.2, 0.25) is 5.91 Å². The molecule has 0 aromatic rings. The highest BCUT2D eigenvalue weighted by Gasteiger charge is 2.27. The van der Waals surface area contributed by atoms with Crippen LogP contribution in [-0.2, 0) is 4.79 Å². The van der Waals surface area contributed by atoms with E-state index in [0.29, 0.717) is 0 Å². The number of amides is 1. The van der Waals surface area contributed by atoms with Gasteiger partial charge in [0, 0.05) is 26.1 Å². The molecule has 1 aliphatic rings. The number of nitrogens with one attached hydrogen (secondary N) is 1. The Morgan fingerprint density at radius 1 is 1.79 bits per heavy atom. The molecule has 0 aromatic carbocycles. The highest BCUT2D eigenvalue weighted by Crippen LogP contribution is 2.14. The summed E-state index contributed by atoms with van der Waals surface area (Å²) in [4.78, 5) is 13.0. The van der Waals surface area contributed by atoms with Crippen LogP contribution in [0.2, 0.25) is 0 Å². The lowest BCUT2D eigenvalue weighted by Gasteiger charge is -2.20. The highest BCUT2D eigenvalue weighted by molar-refractivity contribution is 5.73. The number of nitrogens with zero attached hydrogens (tertiary/aromatic N) is 2. The molecule has 0 saturated carbocycles. The molecule has 14 heavy (non-hydrogen) atoms. The summed E-state index contributed by atoms with van der Waals surface area (Å²) in [6, 6.07) is 2.52. The van der Waals surface area contributed by atoms with Crippen molar-refractivity contribution < 1.29 is 4.79 Å². The van der Waals surface area contributed by atoms with E-state index >= 15 is 0 Å². The summed E-state index contributed by atoms with van der Waals surface area (Å²) >= 11 is 0. The molecule has 1 rings (SSSR count). The van der Waals surface area contributed by atoms with Gasteiger partial charge >= 0.3 is 0 Å². The van der Waals surface area contributed by atoms with Crippen molar-refractivity contribution in [3.8, 4) is 6.07 Å². The van der Waals surface area contributed by atoms with Gasteiger partial charge < -0.3 is 5.32 Å². The first-order valence-electron chi connectivity index (χ1n) is 5.08. The van der Waals surface area contributed by atoms with E-state index in [2.05, 4.69) is 16.3 Å². The molecule has 1 heterocycles. The lowest BCUT2D eigenvalue weighted by Crippen LogP contribution is -2.38. The van der Waals surface area contributed by atoms with Crippen molar-refractivity contribution >= 4 is 5.91 Å². The second-order valence-electron chi connectivity index (χ2n) is 3.73. The molecule has 2 unspecified atom stereocenters. The van der Waals surface area contributed by atoms with Crippen LogP contribution in [-0.4, -0.2) is 36.0 Å². The van der Waals surface area contributed by atoms with E-state index in [9.17, 15) is 4.79 Å². The molecule has 0 spiro atoms. The minimum absolute atomic E-state index is 0.00811. The smallest absolute Gasteiger partial charge is 0.217 e. The zero-order valence-corrected chi connectivity index (χ0v) is 8.79. The fourth-order valence-electron chi connectivity index (χ4n) is 1.91. The number of hydrogen-bond acceptors (Lipinski definition) is 3. The molecular weight excluding hydrogens is 178 g/mol. The Balaban J connectivity index is 2.41. The van der Waals surface area contributed by atoms with Crippen molar-refractivity contribution in [2.45, 2.75) is 38.8 Å². The zero-order valence-electron chi connectivity index (χ0n) is 8.79. The van der Waals surface area contributed by atoms with Crippen LogP contribution in [0.15, 0.2) is 0 Å². The number of rotatable bonds is 3. The molecule has 78 valence electrons. The summed E-state index contributed by atoms with van der Waals surface area (Å²) in [7, 11) is 0. The van der Waals surface area contributed by atoms with Gasteiger partial charge in [0.25, 0.3) is 0 Å². The lowest BCUT2D eigenvalue weighted by atomic mass is 10.2. The van der Waals surface area contributed by atoms with Crippen LogP contribution in [0.3, 0.4) is 0 Å². The summed E-state index contributed by atoms with van der Waals surface area (Å²) < 4.78 is 0. The lowest BCUT2D eigenvalue weighted by molar-refractivity contribution is -0.119. The molecule has 2 atom stereocenters. The van der Waals surface area contributed by atoms with Crippen LogP contribution in [0, 0.1) is 11.3 Å². The van der Waals surface area contributed by atoms with E-state index < -0.39 is 0 Å². The van der Waals surface area contributed by atoms with Gasteiger partial charge in [0.15, 0.2) is 0 Å². The molecule has 0 aliphatic carbocycles. The van der Waals surface area contributed by atoms with Gasteiger partial charge in [-0.3, -0.25) is 9.69 Å². The van der Waals surface area contributed by atoms with Gasteiger partial charge in [-0.2, -0.15) is 5.26 Å². The van der Waals surface area contributed by atoms with E-state index in [0.717, 1.165) is 25.9 Å². The van der Waals surface area contributed by atoms with Crippen LogP contribution in [0.5, 0.6) is 0 Å². The van der Waals surface area contributed by atoms with Crippen molar-refractivity contribution in [2.75, 3.05) is 13.1 Å². The molecule has 4 nitrogen and oxygen atoms in total. The first kappa shape index (κ1) is 11.0. The second-order valence-corrected chi connectivity index (χ2v) is 3.73. The largest absolute Gasteiger partial charge is 0.352 e. The Morgan fingerprint density at radius 2 is 2.50 bits per heavy atom. The molecule has 1 amide bonds. The maximum absolute atomic E-state index is 10.8. The minimum atomic E-state index is 0.00811. The quantitative estimate of drug-likeness (QED) is 0.713. The fraction of sp³-hybridized carbons (Fsp3) is 0.800. The SMILES string of the molecule is CCC(C#N)N1CCC(NC(C)=O)C1. The molecule has 4 heteroatoms. The van der Waals surface area contributed by atoms with Gasteiger partial charge in [0.1, 0.15) is 0 Å². The molecule has 0 aromatic heterocycles. The fourth-order valence-corrected chi connectivity index (χ4v) is 1.91. The van der Waals surface area contributed by atoms with Gasteiger partial charge in [-0.1, -0.05) is 6.92 Å². The Labute approximate surface area is 84.9 Å². The van der Waals surface area contributed by atoms with E-state index in [4.69, 9.17) is 5.26 Å². The third kappa shape index (κ3) is 2.71. The van der Waals surface area contributed by atoms with Crippen molar-refractivity contribution in [2.24, 2.45) is 0 Å². The molecule has 1 aliphatic heterocycles. The van der Waals surface area contributed by atoms with Crippen molar-refractivity contribution in [3.63, 3.8) is 0 Å². The Hall–Kier alpha value is -1.08. The maximum Gasteiger partial charge on any atom is 0.217 e. The van der Waals surface area contributed by atoms with Gasteiger partial charge in [-0.05, 0) is 12.8 Å². The monoisotopic (exact) mass is 195 g/mol. The summed E-state index contributed by atoms with van der Waals surface area (Å²) in [5.41, 5.74) is 0. The minimum Gasteiger partial charge on any atom is -0.352 e. The van der Waals surface area contributed by atoms with E-state index in [1.807, 2.05) is 6.92 Å². The number of carbonyl (C=O) groups is 1. The van der Waals surface area contributed by atoms with Crippen LogP contribution in [0.25, 0.3) is 0 Å². The third-order valence-electron chi connectivity index (χ3n) is 2.60. The summed E-state index contributed by atoms with van der Waals surface area (Å²) in [5.74, 6) is 0.0156. The van der Waals surface area contributed by atoms with E-state index in [-0.39, 0.29) is 18.0 Å². The molecule has 1 N–H and O–H groups in total. The van der Waals surface area contributed by atoms with Crippen LogP contribution in [0.1, 0.15) is 26.7 Å². The van der Waals surface area contributed by atoms with Crippen LogP contribution < -0.4 is 5.32 Å². The number of carbonyl (C=O) groups excluding carboxylic acids is 1. The first-order valence-corrected chi connectivity index (χ1v) is 5.08. The van der Waals surface area contributed by atoms with E-state index in [1.54, 1.807) is 0 Å². The Kier molecular flexibility index (Phi) is 3.90. The zero-order chi connectivity index (χ0) is 10.6. The standard InChI is InChI=1S/C10H17N3O/c1-3-10(6-11)13-5-4-9(7-13)12-8(2)14/h9-10H,3-5,7H2,1-2H3,(H,12,14). The normalized spacial score (nSPS) is 24.2. The Bertz CT molecular complexity index is 246. The molecule has 0 radical (unpaired) electrons. The topological polar surface area (TPSA) is 56.1 Å². The highest BCUT2D eigenvalue weighted by atomic mass is 16.1. The van der Waals surface area contributed by atoms with Crippen LogP contribution in [0.4, 0.5) is 0 Å². The van der Waals surface area contributed by atoms with Gasteiger partial charge in [-0.25, -0.2) is 0 Å². The average molecular weight is 195 g/mol. The molecule has 1 fully saturated rings. The summed E-state index contributed by atoms with van der Waals surface area (Å²) in [6.07, 6.45) is 1.81. The maximum atomic E-state index is 10.8. The molecule has 1 saturated heterocycles. The second kappa shape index (κ2) is 4.97. The predicted molar refractivity (Wildman–Crippen MR) is 53.5 cm³/mol. The van der Waals surface area contributed by atoms with E-state index in [1.165, 1.54) is 6.92 Å². The van der Waals surface area contributed by atoms with Crippen molar-refractivity contribution in [1.82, 2.24) is 10.2 Å². The number of hydrogen-bond donors (Lipinski definition) is 1. The summed E-state index contributed by atoms with van der Waals surface area (Å²) in [6.45, 7) is 5.27. The van der Waals surface area contributed by atoms with Gasteiger partial charge in [-0.15, -0.1) is 0 Å². The molecule has 0 bridgehead atoms. The summed E-state index contributed by atoms with van der Waals surface area (Å²) in [5, 5.41) is 11.8. The predicted octanol–water partition coefficient (Wildman–Crippen LogP) is 0.499. The number of nitriles is 1. The number of likely N-dealkylation sites (tertiary alicyclic amines) is 1. The third-order valence-corrected chi connectivity index (χ3v) is 2.60. The van der Waals surface area contributed by atoms with Crippen molar-refractivity contribution in [3.05, 3.63) is 0 Å². The van der Waals surface area contributed by atoms with Gasteiger partial charge in [0.05, 0.1) is 12.1 Å².